The van der Waals surface area contributed by atoms with E-state index in [0.717, 1.165) is 28.1 Å². The van der Waals surface area contributed by atoms with Crippen LogP contribution in [0.4, 0.5) is 0 Å². The van der Waals surface area contributed by atoms with Gasteiger partial charge in [0.1, 0.15) is 11.6 Å². The van der Waals surface area contributed by atoms with Gasteiger partial charge in [0.25, 0.3) is 0 Å². The average Bonchev–Trinajstić information content (AvgIpc) is 3.09. The summed E-state index contributed by atoms with van der Waals surface area (Å²) in [6.07, 6.45) is 0.510. The number of aromatic amines is 1. The third-order valence-corrected chi connectivity index (χ3v) is 3.75. The predicted octanol–water partition coefficient (Wildman–Crippen LogP) is 1.95. The van der Waals surface area contributed by atoms with E-state index in [0.29, 0.717) is 18.9 Å². The molecule has 2 heterocycles. The maximum atomic E-state index is 12.2. The molecule has 1 amide bonds. The van der Waals surface area contributed by atoms with Crippen molar-refractivity contribution < 1.29 is 9.21 Å². The lowest BCUT2D eigenvalue weighted by molar-refractivity contribution is -0.122. The molecule has 0 radical (unpaired) electrons. The van der Waals surface area contributed by atoms with Crippen molar-refractivity contribution in [3.63, 3.8) is 0 Å². The zero-order valence-electron chi connectivity index (χ0n) is 13.5. The monoisotopic (exact) mass is 349 g/mol. The molecule has 0 aliphatic heterocycles. The first-order valence-electron chi connectivity index (χ1n) is 7.45. The van der Waals surface area contributed by atoms with Crippen LogP contribution >= 0.6 is 12.4 Å². The van der Waals surface area contributed by atoms with Crippen molar-refractivity contribution in [2.45, 2.75) is 26.3 Å². The Morgan fingerprint density at radius 1 is 1.38 bits per heavy atom. The van der Waals surface area contributed by atoms with Gasteiger partial charge in [-0.15, -0.1) is 12.4 Å². The van der Waals surface area contributed by atoms with E-state index in [1.54, 1.807) is 0 Å². The number of para-hydroxylation sites is 2. The van der Waals surface area contributed by atoms with E-state index in [4.69, 9.17) is 10.2 Å². The normalized spacial score (nSPS) is 12.0. The molecule has 0 fully saturated rings. The van der Waals surface area contributed by atoms with Gasteiger partial charge in [0.15, 0.2) is 11.5 Å². The van der Waals surface area contributed by atoms with Crippen molar-refractivity contribution in [3.8, 4) is 0 Å². The smallest absolute Gasteiger partial charge is 0.241 e. The Balaban J connectivity index is 0.00000208. The van der Waals surface area contributed by atoms with E-state index in [1.165, 1.54) is 0 Å². The summed E-state index contributed by atoms with van der Waals surface area (Å²) in [6.45, 7) is 4.08. The number of rotatable bonds is 5. The molecule has 3 rings (SSSR count). The summed E-state index contributed by atoms with van der Waals surface area (Å²) >= 11 is 0. The molecule has 1 unspecified atom stereocenters. The lowest BCUT2D eigenvalue weighted by Crippen LogP contribution is -2.35. The van der Waals surface area contributed by atoms with Crippen molar-refractivity contribution in [3.05, 3.63) is 47.1 Å². The number of hydrogen-bond donors (Lipinski definition) is 3. The third kappa shape index (κ3) is 3.58. The number of nitrogens with zero attached hydrogens (tertiary/aromatic N) is 2. The van der Waals surface area contributed by atoms with Gasteiger partial charge in [-0.05, 0) is 26.0 Å². The highest BCUT2D eigenvalue weighted by Crippen LogP contribution is 2.18. The fourth-order valence-corrected chi connectivity index (χ4v) is 2.58. The van der Waals surface area contributed by atoms with Crippen molar-refractivity contribution in [2.75, 3.05) is 6.54 Å². The van der Waals surface area contributed by atoms with Gasteiger partial charge < -0.3 is 15.5 Å². The molecule has 8 heteroatoms. The number of aryl methyl sites for hydroxylation is 2. The molecule has 3 aromatic rings. The molecular formula is C16H20ClN5O2. The molecule has 1 aromatic carbocycles. The first-order chi connectivity index (χ1) is 11.1. The number of halogens is 1. The fourth-order valence-electron chi connectivity index (χ4n) is 2.58. The number of aromatic nitrogens is 3. The van der Waals surface area contributed by atoms with Crippen LogP contribution in [0.1, 0.15) is 28.9 Å². The van der Waals surface area contributed by atoms with Crippen LogP contribution in [0.25, 0.3) is 11.1 Å². The molecule has 7 nitrogen and oxygen atoms in total. The molecule has 0 bridgehead atoms. The zero-order valence-corrected chi connectivity index (χ0v) is 14.3. The summed E-state index contributed by atoms with van der Waals surface area (Å²) in [4.78, 5) is 16.5. The van der Waals surface area contributed by atoms with E-state index >= 15 is 0 Å². The number of hydrogen-bond acceptors (Lipinski definition) is 5. The Morgan fingerprint density at radius 2 is 2.12 bits per heavy atom. The van der Waals surface area contributed by atoms with Crippen LogP contribution in [0.15, 0.2) is 28.7 Å². The van der Waals surface area contributed by atoms with Gasteiger partial charge in [0.2, 0.25) is 5.91 Å². The Labute approximate surface area is 145 Å². The Bertz CT molecular complexity index is 789. The second kappa shape index (κ2) is 7.46. The number of oxazole rings is 1. The Kier molecular flexibility index (Phi) is 5.58. The molecule has 1 atom stereocenters. The van der Waals surface area contributed by atoms with Gasteiger partial charge in [0.05, 0.1) is 5.69 Å². The van der Waals surface area contributed by atoms with Crippen LogP contribution in [0.5, 0.6) is 0 Å². The fraction of sp³-hybridized carbons (Fsp3) is 0.312. The minimum atomic E-state index is -0.739. The highest BCUT2D eigenvalue weighted by atomic mass is 35.5. The molecular weight excluding hydrogens is 330 g/mol. The van der Waals surface area contributed by atoms with Crippen molar-refractivity contribution >= 4 is 29.4 Å². The highest BCUT2D eigenvalue weighted by molar-refractivity contribution is 5.85. The quantitative estimate of drug-likeness (QED) is 0.652. The van der Waals surface area contributed by atoms with E-state index in [1.807, 2.05) is 38.1 Å². The van der Waals surface area contributed by atoms with Gasteiger partial charge >= 0.3 is 0 Å². The molecule has 0 saturated carbocycles. The molecule has 0 saturated heterocycles. The molecule has 2 aromatic heterocycles. The van der Waals surface area contributed by atoms with Crippen LogP contribution in [0.2, 0.25) is 0 Å². The summed E-state index contributed by atoms with van der Waals surface area (Å²) in [6, 6.07) is 6.82. The second-order valence-corrected chi connectivity index (χ2v) is 5.44. The summed E-state index contributed by atoms with van der Waals surface area (Å²) in [5.74, 6) is 0.351. The molecule has 0 spiro atoms. The maximum Gasteiger partial charge on any atom is 0.241 e. The summed E-state index contributed by atoms with van der Waals surface area (Å²) < 4.78 is 5.61. The van der Waals surface area contributed by atoms with Crippen molar-refractivity contribution in [1.29, 1.82) is 0 Å². The summed E-state index contributed by atoms with van der Waals surface area (Å²) in [7, 11) is 0. The zero-order chi connectivity index (χ0) is 16.4. The SMILES string of the molecule is Cc1n[nH]c(C)c1C(N)C(=O)NCCc1nc2ccccc2o1.Cl. The van der Waals surface area contributed by atoms with Gasteiger partial charge in [-0.3, -0.25) is 9.89 Å². The maximum absolute atomic E-state index is 12.2. The number of carbonyl (C=O) groups excluding carboxylic acids is 1. The van der Waals surface area contributed by atoms with Gasteiger partial charge in [-0.1, -0.05) is 12.1 Å². The van der Waals surface area contributed by atoms with Crippen LogP contribution in [0.3, 0.4) is 0 Å². The van der Waals surface area contributed by atoms with Crippen LogP contribution in [-0.2, 0) is 11.2 Å². The lowest BCUT2D eigenvalue weighted by atomic mass is 10.1. The number of nitrogens with two attached hydrogens (primary N) is 1. The molecule has 128 valence electrons. The first-order valence-corrected chi connectivity index (χ1v) is 7.45. The molecule has 4 N–H and O–H groups in total. The number of carbonyl (C=O) groups is 1. The number of amides is 1. The van der Waals surface area contributed by atoms with Crippen LogP contribution < -0.4 is 11.1 Å². The second-order valence-electron chi connectivity index (χ2n) is 5.44. The van der Waals surface area contributed by atoms with E-state index < -0.39 is 6.04 Å². The van der Waals surface area contributed by atoms with Crippen molar-refractivity contribution in [2.24, 2.45) is 5.73 Å². The molecule has 24 heavy (non-hydrogen) atoms. The van der Waals surface area contributed by atoms with Crippen LogP contribution in [-0.4, -0.2) is 27.6 Å². The minimum absolute atomic E-state index is 0. The lowest BCUT2D eigenvalue weighted by Gasteiger charge is -2.12. The Morgan fingerprint density at radius 3 is 2.79 bits per heavy atom. The number of H-pyrrole nitrogens is 1. The minimum Gasteiger partial charge on any atom is -0.441 e. The largest absolute Gasteiger partial charge is 0.441 e. The topological polar surface area (TPSA) is 110 Å². The van der Waals surface area contributed by atoms with Gasteiger partial charge in [-0.2, -0.15) is 5.10 Å². The van der Waals surface area contributed by atoms with Gasteiger partial charge in [0, 0.05) is 24.2 Å². The number of nitrogens with one attached hydrogen (secondary N) is 2. The predicted molar refractivity (Wildman–Crippen MR) is 93.0 cm³/mol. The highest BCUT2D eigenvalue weighted by Gasteiger charge is 2.21. The first kappa shape index (κ1) is 18.0. The summed E-state index contributed by atoms with van der Waals surface area (Å²) in [5, 5.41) is 9.71. The third-order valence-electron chi connectivity index (χ3n) is 3.75. The van der Waals surface area contributed by atoms with E-state index in [-0.39, 0.29) is 18.3 Å². The average molecular weight is 350 g/mol. The molecule has 0 aliphatic rings. The van der Waals surface area contributed by atoms with E-state index in [2.05, 4.69) is 20.5 Å². The van der Waals surface area contributed by atoms with E-state index in [9.17, 15) is 4.79 Å². The summed E-state index contributed by atoms with van der Waals surface area (Å²) in [5.41, 5.74) is 9.86. The number of benzene rings is 1. The standard InChI is InChI=1S/C16H19N5O2.ClH/c1-9-14(10(2)21-20-9)15(17)16(22)18-8-7-13-19-11-5-3-4-6-12(11)23-13;/h3-6,15H,7-8,17H2,1-2H3,(H,18,22)(H,20,21);1H. The van der Waals surface area contributed by atoms with Crippen molar-refractivity contribution in [1.82, 2.24) is 20.5 Å². The van der Waals surface area contributed by atoms with Gasteiger partial charge in [-0.25, -0.2) is 4.98 Å². The van der Waals surface area contributed by atoms with Crippen LogP contribution in [0, 0.1) is 13.8 Å². The molecule has 0 aliphatic carbocycles. The Hall–Kier alpha value is -2.38. The number of fused-ring (bicyclic) bond motifs is 1.